The van der Waals surface area contributed by atoms with Gasteiger partial charge in [0.1, 0.15) is 11.3 Å². The molecule has 7 heteroatoms. The highest BCUT2D eigenvalue weighted by molar-refractivity contribution is 14.1. The van der Waals surface area contributed by atoms with Crippen LogP contribution in [0.1, 0.15) is 16.1 Å². The second kappa shape index (κ2) is 4.70. The van der Waals surface area contributed by atoms with Gasteiger partial charge in [0.15, 0.2) is 0 Å². The molecule has 2 aromatic rings. The van der Waals surface area contributed by atoms with Crippen molar-refractivity contribution in [2.24, 2.45) is 0 Å². The van der Waals surface area contributed by atoms with Crippen LogP contribution in [0.3, 0.4) is 0 Å². The number of hydrogen-bond donors (Lipinski definition) is 1. The molecule has 6 nitrogen and oxygen atoms in total. The number of halogens is 1. The van der Waals surface area contributed by atoms with Crippen molar-refractivity contribution >= 4 is 28.6 Å². The Labute approximate surface area is 109 Å². The summed E-state index contributed by atoms with van der Waals surface area (Å²) in [4.78, 5) is 26.4. The molecule has 0 saturated heterocycles. The van der Waals surface area contributed by atoms with E-state index in [2.05, 4.69) is 4.98 Å². The molecule has 0 aliphatic carbocycles. The lowest BCUT2D eigenvalue weighted by Crippen LogP contribution is -2.23. The van der Waals surface area contributed by atoms with Crippen LogP contribution < -0.4 is 5.56 Å². The number of hydrogen-bond acceptors (Lipinski definition) is 4. The molecule has 0 bridgehead atoms. The Bertz CT molecular complexity index is 617. The van der Waals surface area contributed by atoms with Crippen molar-refractivity contribution in [3.63, 3.8) is 0 Å². The quantitative estimate of drug-likeness (QED) is 0.844. The van der Waals surface area contributed by atoms with Gasteiger partial charge in [-0.15, -0.1) is 0 Å². The maximum Gasteiger partial charge on any atom is 0.339 e. The van der Waals surface area contributed by atoms with Crippen molar-refractivity contribution in [3.05, 3.63) is 50.1 Å². The third-order valence-electron chi connectivity index (χ3n) is 2.15. The monoisotopic (exact) mass is 346 g/mol. The smallest absolute Gasteiger partial charge is 0.339 e. The van der Waals surface area contributed by atoms with Crippen molar-refractivity contribution in [1.29, 1.82) is 0 Å². The van der Waals surface area contributed by atoms with E-state index in [4.69, 9.17) is 9.52 Å². The molecule has 2 aromatic heterocycles. The number of carboxylic acids is 1. The molecule has 0 aliphatic rings. The summed E-state index contributed by atoms with van der Waals surface area (Å²) in [6.07, 6.45) is 4.07. The lowest BCUT2D eigenvalue weighted by molar-refractivity contribution is 0.0694. The Hall–Kier alpha value is -1.64. The highest BCUT2D eigenvalue weighted by Crippen LogP contribution is 2.11. The van der Waals surface area contributed by atoms with E-state index in [9.17, 15) is 9.59 Å². The van der Waals surface area contributed by atoms with Crippen LogP contribution in [0.15, 0.2) is 34.1 Å². The van der Waals surface area contributed by atoms with Crippen molar-refractivity contribution in [3.8, 4) is 0 Å². The van der Waals surface area contributed by atoms with E-state index in [0.29, 0.717) is 3.57 Å². The molecule has 0 radical (unpaired) electrons. The van der Waals surface area contributed by atoms with Gasteiger partial charge in [-0.05, 0) is 28.7 Å². The van der Waals surface area contributed by atoms with Gasteiger partial charge in [0.2, 0.25) is 0 Å². The topological polar surface area (TPSA) is 85.3 Å². The molecule has 0 unspecified atom stereocenters. The molecule has 0 saturated carbocycles. The summed E-state index contributed by atoms with van der Waals surface area (Å²) >= 11 is 1.87. The molecule has 88 valence electrons. The minimum Gasteiger partial charge on any atom is -0.478 e. The summed E-state index contributed by atoms with van der Waals surface area (Å²) in [6.45, 7) is 0.0529. The van der Waals surface area contributed by atoms with Gasteiger partial charge in [0.05, 0.1) is 22.7 Å². The van der Waals surface area contributed by atoms with Gasteiger partial charge in [-0.1, -0.05) is 0 Å². The Morgan fingerprint density at radius 1 is 1.59 bits per heavy atom. The van der Waals surface area contributed by atoms with Crippen molar-refractivity contribution in [1.82, 2.24) is 9.55 Å². The first-order valence-corrected chi connectivity index (χ1v) is 5.67. The maximum atomic E-state index is 11.7. The fraction of sp³-hybridized carbons (Fsp3) is 0.100. The summed E-state index contributed by atoms with van der Waals surface area (Å²) in [6, 6.07) is 1.35. The third-order valence-corrected chi connectivity index (χ3v) is 2.89. The van der Waals surface area contributed by atoms with Crippen LogP contribution in [0.5, 0.6) is 0 Å². The number of furan rings is 1. The number of nitrogens with zero attached hydrogens (tertiary/aromatic N) is 2. The number of carboxylic acid groups (broad SMARTS) is 1. The van der Waals surface area contributed by atoms with E-state index in [1.807, 2.05) is 22.6 Å². The highest BCUT2D eigenvalue weighted by atomic mass is 127. The number of carbonyl (C=O) groups is 1. The van der Waals surface area contributed by atoms with Crippen LogP contribution in [0.25, 0.3) is 0 Å². The molecule has 0 spiro atoms. The summed E-state index contributed by atoms with van der Waals surface area (Å²) < 4.78 is 6.82. The predicted molar refractivity (Wildman–Crippen MR) is 66.0 cm³/mol. The normalized spacial score (nSPS) is 10.4. The van der Waals surface area contributed by atoms with Gasteiger partial charge in [-0.2, -0.15) is 0 Å². The van der Waals surface area contributed by atoms with E-state index in [0.717, 1.165) is 0 Å². The summed E-state index contributed by atoms with van der Waals surface area (Å²) in [5, 5.41) is 8.89. The standard InChI is InChI=1S/C10H7IN2O4/c11-7-3-12-5-13(9(7)14)4-8-6(10(15)16)1-2-17-8/h1-3,5H,4H2,(H,15,16). The van der Waals surface area contributed by atoms with Gasteiger partial charge in [-0.25, -0.2) is 9.78 Å². The molecule has 2 heterocycles. The average molecular weight is 346 g/mol. The van der Waals surface area contributed by atoms with Crippen molar-refractivity contribution < 1.29 is 14.3 Å². The van der Waals surface area contributed by atoms with Crippen molar-refractivity contribution in [2.45, 2.75) is 6.54 Å². The van der Waals surface area contributed by atoms with Crippen LogP contribution >= 0.6 is 22.6 Å². The SMILES string of the molecule is O=C(O)c1ccoc1Cn1cncc(I)c1=O. The number of aromatic carboxylic acids is 1. The molecule has 2 rings (SSSR count). The van der Waals surface area contributed by atoms with Gasteiger partial charge in [0, 0.05) is 6.20 Å². The molecular weight excluding hydrogens is 339 g/mol. The third kappa shape index (κ3) is 2.38. The van der Waals surface area contributed by atoms with E-state index < -0.39 is 5.97 Å². The number of aromatic nitrogens is 2. The molecule has 0 aliphatic heterocycles. The Morgan fingerprint density at radius 2 is 2.35 bits per heavy atom. The zero-order valence-electron chi connectivity index (χ0n) is 8.46. The molecule has 0 amide bonds. The first-order chi connectivity index (χ1) is 8.09. The van der Waals surface area contributed by atoms with Crippen LogP contribution in [-0.2, 0) is 6.54 Å². The zero-order valence-corrected chi connectivity index (χ0v) is 10.6. The maximum absolute atomic E-state index is 11.7. The van der Waals surface area contributed by atoms with Crippen LogP contribution in [0.4, 0.5) is 0 Å². The zero-order chi connectivity index (χ0) is 12.4. The highest BCUT2D eigenvalue weighted by Gasteiger charge is 2.14. The Kier molecular flexibility index (Phi) is 3.27. The molecule has 0 atom stereocenters. The first-order valence-electron chi connectivity index (χ1n) is 4.59. The predicted octanol–water partition coefficient (Wildman–Crippen LogP) is 1.19. The summed E-state index contributed by atoms with van der Waals surface area (Å²) in [5.74, 6) is -0.858. The van der Waals surface area contributed by atoms with Gasteiger partial charge < -0.3 is 9.52 Å². The Morgan fingerprint density at radius 3 is 3.06 bits per heavy atom. The minimum atomic E-state index is -1.08. The first kappa shape index (κ1) is 11.8. The van der Waals surface area contributed by atoms with Gasteiger partial charge >= 0.3 is 5.97 Å². The molecule has 0 fully saturated rings. The average Bonchev–Trinajstić information content (AvgIpc) is 2.73. The molecular formula is C10H7IN2O4. The lowest BCUT2D eigenvalue weighted by Gasteiger charge is -2.03. The molecule has 17 heavy (non-hydrogen) atoms. The van der Waals surface area contributed by atoms with E-state index >= 15 is 0 Å². The van der Waals surface area contributed by atoms with Crippen LogP contribution in [-0.4, -0.2) is 20.6 Å². The molecule has 0 aromatic carbocycles. The minimum absolute atomic E-state index is 0.0516. The van der Waals surface area contributed by atoms with Gasteiger partial charge in [0.25, 0.3) is 5.56 Å². The summed E-state index contributed by atoms with van der Waals surface area (Å²) in [7, 11) is 0. The second-order valence-electron chi connectivity index (χ2n) is 3.24. The van der Waals surface area contributed by atoms with Gasteiger partial charge in [-0.3, -0.25) is 9.36 Å². The van der Waals surface area contributed by atoms with Crippen LogP contribution in [0.2, 0.25) is 0 Å². The fourth-order valence-electron chi connectivity index (χ4n) is 1.35. The largest absolute Gasteiger partial charge is 0.478 e. The summed E-state index contributed by atoms with van der Waals surface area (Å²) in [5.41, 5.74) is -0.177. The van der Waals surface area contributed by atoms with Crippen LogP contribution in [0, 0.1) is 3.57 Å². The van der Waals surface area contributed by atoms with E-state index in [-0.39, 0.29) is 23.4 Å². The number of rotatable bonds is 3. The molecule has 1 N–H and O–H groups in total. The lowest BCUT2D eigenvalue weighted by atomic mass is 10.2. The van der Waals surface area contributed by atoms with Crippen molar-refractivity contribution in [2.75, 3.05) is 0 Å². The fourth-order valence-corrected chi connectivity index (χ4v) is 1.82. The van der Waals surface area contributed by atoms with E-state index in [1.165, 1.54) is 29.4 Å². The van der Waals surface area contributed by atoms with E-state index in [1.54, 1.807) is 0 Å². The Balaban J connectivity index is 2.38. The second-order valence-corrected chi connectivity index (χ2v) is 4.40.